The smallest absolute Gasteiger partial charge is 0.273 e. The third-order valence-electron chi connectivity index (χ3n) is 4.95. The van der Waals surface area contributed by atoms with Crippen molar-refractivity contribution in [2.24, 2.45) is 5.92 Å². The Bertz CT molecular complexity index is 743. The molecule has 6 nitrogen and oxygen atoms in total. The van der Waals surface area contributed by atoms with E-state index in [4.69, 9.17) is 9.47 Å². The largest absolute Gasteiger partial charge is 0.376 e. The number of aromatic nitrogens is 2. The number of ether oxygens (including phenoxy) is 2. The SMILES string of the molecule is Cc1nc(C(=O)N2CC3(C2)OCC[C@@H]3COCc2cccnc2)cs1. The van der Waals surface area contributed by atoms with Gasteiger partial charge in [-0.1, -0.05) is 6.07 Å². The number of thiazole rings is 1. The summed E-state index contributed by atoms with van der Waals surface area (Å²) >= 11 is 1.50. The Kier molecular flexibility index (Phi) is 4.54. The van der Waals surface area contributed by atoms with Crippen LogP contribution in [0.15, 0.2) is 29.9 Å². The molecule has 0 aromatic carbocycles. The Morgan fingerprint density at radius 3 is 3.12 bits per heavy atom. The average molecular weight is 359 g/mol. The van der Waals surface area contributed by atoms with Crippen molar-refractivity contribution in [3.63, 3.8) is 0 Å². The fourth-order valence-corrected chi connectivity index (χ4v) is 4.13. The van der Waals surface area contributed by atoms with Gasteiger partial charge in [-0.25, -0.2) is 4.98 Å². The van der Waals surface area contributed by atoms with E-state index in [2.05, 4.69) is 9.97 Å². The number of likely N-dealkylation sites (tertiary alicyclic amines) is 1. The van der Waals surface area contributed by atoms with Gasteiger partial charge in [-0.3, -0.25) is 9.78 Å². The van der Waals surface area contributed by atoms with Crippen molar-refractivity contribution in [1.29, 1.82) is 0 Å². The quantitative estimate of drug-likeness (QED) is 0.820. The summed E-state index contributed by atoms with van der Waals surface area (Å²) in [6.45, 7) is 5.11. The molecule has 0 saturated carbocycles. The van der Waals surface area contributed by atoms with Gasteiger partial charge in [-0.05, 0) is 25.0 Å². The lowest BCUT2D eigenvalue weighted by Crippen LogP contribution is -2.66. The van der Waals surface area contributed by atoms with Gasteiger partial charge in [-0.15, -0.1) is 11.3 Å². The molecule has 0 unspecified atom stereocenters. The summed E-state index contributed by atoms with van der Waals surface area (Å²) in [5.41, 5.74) is 1.37. The molecule has 1 spiro atoms. The van der Waals surface area contributed by atoms with E-state index in [0.29, 0.717) is 37.9 Å². The minimum absolute atomic E-state index is 0.000466. The first kappa shape index (κ1) is 16.6. The summed E-state index contributed by atoms with van der Waals surface area (Å²) in [5, 5.41) is 2.74. The molecule has 0 N–H and O–H groups in total. The molecule has 132 valence electrons. The second-order valence-electron chi connectivity index (χ2n) is 6.69. The maximum atomic E-state index is 12.5. The zero-order chi connectivity index (χ0) is 17.3. The molecule has 2 aromatic rings. The molecule has 25 heavy (non-hydrogen) atoms. The van der Waals surface area contributed by atoms with Crippen LogP contribution >= 0.6 is 11.3 Å². The van der Waals surface area contributed by atoms with Crippen molar-refractivity contribution in [3.05, 3.63) is 46.2 Å². The van der Waals surface area contributed by atoms with E-state index < -0.39 is 0 Å². The van der Waals surface area contributed by atoms with Gasteiger partial charge in [0.05, 0.1) is 31.3 Å². The van der Waals surface area contributed by atoms with Gasteiger partial charge in [0.1, 0.15) is 11.3 Å². The molecule has 0 bridgehead atoms. The summed E-state index contributed by atoms with van der Waals surface area (Å²) in [6.07, 6.45) is 4.55. The monoisotopic (exact) mass is 359 g/mol. The molecule has 2 aliphatic rings. The van der Waals surface area contributed by atoms with Gasteiger partial charge in [0.25, 0.3) is 5.91 Å². The topological polar surface area (TPSA) is 64.6 Å². The highest BCUT2D eigenvalue weighted by Gasteiger charge is 2.54. The minimum atomic E-state index is -0.240. The van der Waals surface area contributed by atoms with Gasteiger partial charge in [0.15, 0.2) is 0 Å². The summed E-state index contributed by atoms with van der Waals surface area (Å²) in [7, 11) is 0. The first-order chi connectivity index (χ1) is 12.2. The predicted molar refractivity (Wildman–Crippen MR) is 93.4 cm³/mol. The number of carbonyl (C=O) groups excluding carboxylic acids is 1. The zero-order valence-corrected chi connectivity index (χ0v) is 15.0. The molecule has 0 aliphatic carbocycles. The number of amides is 1. The third kappa shape index (κ3) is 3.31. The van der Waals surface area contributed by atoms with E-state index in [9.17, 15) is 4.79 Å². The van der Waals surface area contributed by atoms with Crippen LogP contribution in [-0.2, 0) is 16.1 Å². The second kappa shape index (κ2) is 6.82. The molecular weight excluding hydrogens is 338 g/mol. The van der Waals surface area contributed by atoms with Gasteiger partial charge in [0.2, 0.25) is 0 Å². The van der Waals surface area contributed by atoms with E-state index in [-0.39, 0.29) is 11.5 Å². The number of carbonyl (C=O) groups is 1. The summed E-state index contributed by atoms with van der Waals surface area (Å²) < 4.78 is 11.9. The van der Waals surface area contributed by atoms with Crippen LogP contribution < -0.4 is 0 Å². The van der Waals surface area contributed by atoms with Crippen molar-refractivity contribution in [3.8, 4) is 0 Å². The molecule has 4 rings (SSSR count). The number of hydrogen-bond acceptors (Lipinski definition) is 6. The predicted octanol–water partition coefficient (Wildman–Crippen LogP) is 2.29. The molecule has 4 heterocycles. The van der Waals surface area contributed by atoms with Crippen LogP contribution in [0.4, 0.5) is 0 Å². The standard InChI is InChI=1S/C18H21N3O3S/c1-13-20-16(10-25-13)17(22)21-11-18(12-21)15(4-6-24-18)9-23-8-14-3-2-5-19-7-14/h2-3,5,7,10,15H,4,6,8-9,11-12H2,1H3/t15-/m1/s1. The van der Waals surface area contributed by atoms with E-state index >= 15 is 0 Å². The van der Waals surface area contributed by atoms with Crippen molar-refractivity contribution < 1.29 is 14.3 Å². The number of aryl methyl sites for hydroxylation is 1. The summed E-state index contributed by atoms with van der Waals surface area (Å²) in [6, 6.07) is 3.92. The number of rotatable bonds is 5. The zero-order valence-electron chi connectivity index (χ0n) is 14.2. The van der Waals surface area contributed by atoms with Crippen LogP contribution in [0.2, 0.25) is 0 Å². The van der Waals surface area contributed by atoms with Crippen LogP contribution in [-0.4, -0.2) is 52.7 Å². The maximum absolute atomic E-state index is 12.5. The Balaban J connectivity index is 1.31. The highest BCUT2D eigenvalue weighted by molar-refractivity contribution is 7.09. The first-order valence-corrected chi connectivity index (χ1v) is 9.36. The normalized spacial score (nSPS) is 21.5. The molecule has 0 radical (unpaired) electrons. The Morgan fingerprint density at radius 1 is 1.52 bits per heavy atom. The van der Waals surface area contributed by atoms with Crippen LogP contribution in [0, 0.1) is 12.8 Å². The highest BCUT2D eigenvalue weighted by Crippen LogP contribution is 2.40. The van der Waals surface area contributed by atoms with Crippen molar-refractivity contribution >= 4 is 17.2 Å². The number of nitrogens with zero attached hydrogens (tertiary/aromatic N) is 3. The number of hydrogen-bond donors (Lipinski definition) is 0. The lowest BCUT2D eigenvalue weighted by Gasteiger charge is -2.49. The van der Waals surface area contributed by atoms with Gasteiger partial charge in [-0.2, -0.15) is 0 Å². The van der Waals surface area contributed by atoms with Crippen LogP contribution in [0.3, 0.4) is 0 Å². The first-order valence-electron chi connectivity index (χ1n) is 8.48. The fourth-order valence-electron chi connectivity index (χ4n) is 3.54. The van der Waals surface area contributed by atoms with Crippen LogP contribution in [0.5, 0.6) is 0 Å². The van der Waals surface area contributed by atoms with Gasteiger partial charge >= 0.3 is 0 Å². The third-order valence-corrected chi connectivity index (χ3v) is 5.73. The number of pyridine rings is 1. The molecule has 1 amide bonds. The van der Waals surface area contributed by atoms with E-state index in [1.807, 2.05) is 35.5 Å². The molecule has 2 aliphatic heterocycles. The van der Waals surface area contributed by atoms with E-state index in [0.717, 1.165) is 23.6 Å². The van der Waals surface area contributed by atoms with Gasteiger partial charge < -0.3 is 14.4 Å². The molecular formula is C18H21N3O3S. The van der Waals surface area contributed by atoms with E-state index in [1.54, 1.807) is 6.20 Å². The molecule has 1 atom stereocenters. The minimum Gasteiger partial charge on any atom is -0.376 e. The van der Waals surface area contributed by atoms with E-state index in [1.165, 1.54) is 11.3 Å². The maximum Gasteiger partial charge on any atom is 0.273 e. The Hall–Kier alpha value is -1.83. The molecule has 7 heteroatoms. The highest BCUT2D eigenvalue weighted by atomic mass is 32.1. The summed E-state index contributed by atoms with van der Waals surface area (Å²) in [5.74, 6) is 0.325. The molecule has 2 saturated heterocycles. The second-order valence-corrected chi connectivity index (χ2v) is 7.75. The lowest BCUT2D eigenvalue weighted by molar-refractivity contribution is -0.129. The lowest BCUT2D eigenvalue weighted by atomic mass is 9.81. The average Bonchev–Trinajstić information content (AvgIpc) is 3.20. The Labute approximate surface area is 150 Å². The summed E-state index contributed by atoms with van der Waals surface area (Å²) in [4.78, 5) is 22.7. The van der Waals surface area contributed by atoms with Gasteiger partial charge in [0, 0.05) is 30.3 Å². The van der Waals surface area contributed by atoms with Crippen LogP contribution in [0.25, 0.3) is 0 Å². The van der Waals surface area contributed by atoms with Crippen LogP contribution in [0.1, 0.15) is 27.5 Å². The molecule has 2 fully saturated rings. The molecule has 2 aromatic heterocycles. The fraction of sp³-hybridized carbons (Fsp3) is 0.500. The van der Waals surface area contributed by atoms with Crippen molar-refractivity contribution in [2.45, 2.75) is 25.6 Å². The van der Waals surface area contributed by atoms with Crippen molar-refractivity contribution in [1.82, 2.24) is 14.9 Å². The Morgan fingerprint density at radius 2 is 2.40 bits per heavy atom. The van der Waals surface area contributed by atoms with Crippen molar-refractivity contribution in [2.75, 3.05) is 26.3 Å².